The van der Waals surface area contributed by atoms with Crippen LogP contribution in [0.5, 0.6) is 0 Å². The van der Waals surface area contributed by atoms with Gasteiger partial charge in [-0.1, -0.05) is 28.9 Å². The SMILES string of the molecule is CCc1cc(CC(=O)c2ccc(Br)c(C)c2)n(C)n1. The zero-order valence-corrected chi connectivity index (χ0v) is 13.0. The first-order valence-electron chi connectivity index (χ1n) is 6.32. The van der Waals surface area contributed by atoms with Crippen molar-refractivity contribution in [1.82, 2.24) is 9.78 Å². The quantitative estimate of drug-likeness (QED) is 0.808. The second-order valence-electron chi connectivity index (χ2n) is 4.67. The van der Waals surface area contributed by atoms with Crippen LogP contribution in [-0.4, -0.2) is 15.6 Å². The molecule has 0 unspecified atom stereocenters. The molecule has 2 rings (SSSR count). The van der Waals surface area contributed by atoms with Crippen LogP contribution in [0.25, 0.3) is 0 Å². The Hall–Kier alpha value is -1.42. The van der Waals surface area contributed by atoms with E-state index in [2.05, 4.69) is 28.0 Å². The molecule has 0 aliphatic rings. The normalized spacial score (nSPS) is 10.7. The molecule has 0 N–H and O–H groups in total. The molecule has 4 heteroatoms. The van der Waals surface area contributed by atoms with Gasteiger partial charge in [-0.2, -0.15) is 5.10 Å². The molecular weight excluding hydrogens is 304 g/mol. The summed E-state index contributed by atoms with van der Waals surface area (Å²) in [6, 6.07) is 7.70. The molecule has 0 saturated heterocycles. The summed E-state index contributed by atoms with van der Waals surface area (Å²) < 4.78 is 2.82. The van der Waals surface area contributed by atoms with E-state index in [0.29, 0.717) is 6.42 Å². The van der Waals surface area contributed by atoms with Crippen LogP contribution in [0.4, 0.5) is 0 Å². The van der Waals surface area contributed by atoms with E-state index < -0.39 is 0 Å². The minimum Gasteiger partial charge on any atom is -0.294 e. The molecule has 19 heavy (non-hydrogen) atoms. The van der Waals surface area contributed by atoms with E-state index in [0.717, 1.165) is 33.4 Å². The van der Waals surface area contributed by atoms with Crippen LogP contribution in [0.15, 0.2) is 28.7 Å². The number of halogens is 1. The van der Waals surface area contributed by atoms with Crippen LogP contribution < -0.4 is 0 Å². The number of rotatable bonds is 4. The summed E-state index contributed by atoms with van der Waals surface area (Å²) in [5.41, 5.74) is 3.81. The molecule has 0 spiro atoms. The Bertz CT molecular complexity index is 617. The number of ketones is 1. The van der Waals surface area contributed by atoms with Gasteiger partial charge in [-0.25, -0.2) is 0 Å². The van der Waals surface area contributed by atoms with Crippen LogP contribution >= 0.6 is 15.9 Å². The van der Waals surface area contributed by atoms with Gasteiger partial charge < -0.3 is 0 Å². The van der Waals surface area contributed by atoms with Crippen LogP contribution in [0.2, 0.25) is 0 Å². The Morgan fingerprint density at radius 3 is 2.68 bits per heavy atom. The molecule has 0 aliphatic heterocycles. The van der Waals surface area contributed by atoms with Gasteiger partial charge in [0.25, 0.3) is 0 Å². The first kappa shape index (κ1) is 14.0. The minimum absolute atomic E-state index is 0.126. The number of benzene rings is 1. The van der Waals surface area contributed by atoms with Crippen molar-refractivity contribution in [3.05, 3.63) is 51.3 Å². The van der Waals surface area contributed by atoms with Gasteiger partial charge in [0.1, 0.15) is 0 Å². The van der Waals surface area contributed by atoms with E-state index in [4.69, 9.17) is 0 Å². The van der Waals surface area contributed by atoms with Gasteiger partial charge in [0.05, 0.1) is 12.1 Å². The third-order valence-corrected chi connectivity index (χ3v) is 4.10. The Morgan fingerprint density at radius 2 is 2.11 bits per heavy atom. The molecule has 0 saturated carbocycles. The maximum absolute atomic E-state index is 12.3. The average Bonchev–Trinajstić information content (AvgIpc) is 2.73. The van der Waals surface area contributed by atoms with Gasteiger partial charge in [0, 0.05) is 22.8 Å². The molecule has 0 bridgehead atoms. The highest BCUT2D eigenvalue weighted by Crippen LogP contribution is 2.18. The van der Waals surface area contributed by atoms with Gasteiger partial charge in [-0.05, 0) is 37.1 Å². The van der Waals surface area contributed by atoms with Crippen molar-refractivity contribution in [1.29, 1.82) is 0 Å². The number of nitrogens with zero attached hydrogens (tertiary/aromatic N) is 2. The lowest BCUT2D eigenvalue weighted by atomic mass is 10.0. The fourth-order valence-corrected chi connectivity index (χ4v) is 2.24. The number of aryl methyl sites for hydroxylation is 3. The first-order valence-corrected chi connectivity index (χ1v) is 7.11. The fourth-order valence-electron chi connectivity index (χ4n) is 1.99. The van der Waals surface area contributed by atoms with Crippen molar-refractivity contribution in [3.8, 4) is 0 Å². The summed E-state index contributed by atoms with van der Waals surface area (Å²) >= 11 is 3.44. The van der Waals surface area contributed by atoms with Gasteiger partial charge in [0.15, 0.2) is 5.78 Å². The summed E-state index contributed by atoms with van der Waals surface area (Å²) in [4.78, 5) is 12.3. The highest BCUT2D eigenvalue weighted by molar-refractivity contribution is 9.10. The highest BCUT2D eigenvalue weighted by Gasteiger charge is 2.12. The largest absolute Gasteiger partial charge is 0.294 e. The van der Waals surface area contributed by atoms with Gasteiger partial charge in [0.2, 0.25) is 0 Å². The standard InChI is InChI=1S/C15H17BrN2O/c1-4-12-8-13(18(3)17-12)9-15(19)11-5-6-14(16)10(2)7-11/h5-8H,4,9H2,1-3H3. The van der Waals surface area contributed by atoms with Crippen molar-refractivity contribution >= 4 is 21.7 Å². The van der Waals surface area contributed by atoms with Crippen LogP contribution in [0.1, 0.15) is 34.2 Å². The summed E-state index contributed by atoms with van der Waals surface area (Å²) in [7, 11) is 1.88. The molecule has 3 nitrogen and oxygen atoms in total. The Morgan fingerprint density at radius 1 is 1.37 bits per heavy atom. The van der Waals surface area contributed by atoms with E-state index >= 15 is 0 Å². The number of carbonyl (C=O) groups excluding carboxylic acids is 1. The van der Waals surface area contributed by atoms with Gasteiger partial charge in [-0.3, -0.25) is 9.48 Å². The fraction of sp³-hybridized carbons (Fsp3) is 0.333. The average molecular weight is 321 g/mol. The Kier molecular flexibility index (Phi) is 4.20. The molecule has 1 heterocycles. The van der Waals surface area contributed by atoms with Crippen molar-refractivity contribution in [2.24, 2.45) is 7.05 Å². The lowest BCUT2D eigenvalue weighted by Gasteiger charge is -2.04. The smallest absolute Gasteiger partial charge is 0.168 e. The molecule has 0 atom stereocenters. The monoisotopic (exact) mass is 320 g/mol. The third kappa shape index (κ3) is 3.13. The molecule has 1 aromatic carbocycles. The molecular formula is C15H17BrN2O. The summed E-state index contributed by atoms with van der Waals surface area (Å²) in [6.07, 6.45) is 1.28. The molecule has 0 aliphatic carbocycles. The van der Waals surface area contributed by atoms with E-state index in [1.165, 1.54) is 0 Å². The maximum Gasteiger partial charge on any atom is 0.168 e. The third-order valence-electron chi connectivity index (χ3n) is 3.21. The summed E-state index contributed by atoms with van der Waals surface area (Å²) in [5.74, 6) is 0.126. The Labute approximate surface area is 121 Å². The van der Waals surface area contributed by atoms with Crippen molar-refractivity contribution in [2.75, 3.05) is 0 Å². The number of Topliss-reactive ketones (excluding diaryl/α,β-unsaturated/α-hetero) is 1. The van der Waals surface area contributed by atoms with E-state index in [1.807, 2.05) is 38.2 Å². The van der Waals surface area contributed by atoms with Crippen LogP contribution in [0, 0.1) is 6.92 Å². The number of hydrogen-bond donors (Lipinski definition) is 0. The summed E-state index contributed by atoms with van der Waals surface area (Å²) in [6.45, 7) is 4.05. The second-order valence-corrected chi connectivity index (χ2v) is 5.52. The molecule has 0 fully saturated rings. The van der Waals surface area contributed by atoms with Gasteiger partial charge >= 0.3 is 0 Å². The zero-order valence-electron chi connectivity index (χ0n) is 11.4. The first-order chi connectivity index (χ1) is 9.01. The predicted molar refractivity (Wildman–Crippen MR) is 79.5 cm³/mol. The number of hydrogen-bond acceptors (Lipinski definition) is 2. The van der Waals surface area contributed by atoms with Crippen LogP contribution in [-0.2, 0) is 19.9 Å². The molecule has 0 amide bonds. The van der Waals surface area contributed by atoms with Crippen molar-refractivity contribution in [3.63, 3.8) is 0 Å². The van der Waals surface area contributed by atoms with Crippen LogP contribution in [0.3, 0.4) is 0 Å². The minimum atomic E-state index is 0.126. The molecule has 100 valence electrons. The summed E-state index contributed by atoms with van der Waals surface area (Å²) in [5, 5.41) is 4.36. The molecule has 1 aromatic heterocycles. The topological polar surface area (TPSA) is 34.9 Å². The predicted octanol–water partition coefficient (Wildman–Crippen LogP) is 3.48. The highest BCUT2D eigenvalue weighted by atomic mass is 79.9. The van der Waals surface area contributed by atoms with Crippen molar-refractivity contribution in [2.45, 2.75) is 26.7 Å². The van der Waals surface area contributed by atoms with E-state index in [-0.39, 0.29) is 5.78 Å². The lowest BCUT2D eigenvalue weighted by Crippen LogP contribution is -2.08. The van der Waals surface area contributed by atoms with E-state index in [9.17, 15) is 4.79 Å². The van der Waals surface area contributed by atoms with E-state index in [1.54, 1.807) is 4.68 Å². The van der Waals surface area contributed by atoms with Gasteiger partial charge in [-0.15, -0.1) is 0 Å². The zero-order chi connectivity index (χ0) is 14.0. The van der Waals surface area contributed by atoms with Crippen molar-refractivity contribution < 1.29 is 4.79 Å². The Balaban J connectivity index is 2.20. The second kappa shape index (κ2) is 5.70. The number of aromatic nitrogens is 2. The number of carbonyl (C=O) groups is 1. The lowest BCUT2D eigenvalue weighted by molar-refractivity contribution is 0.0990. The molecule has 2 aromatic rings. The molecule has 0 radical (unpaired) electrons. The maximum atomic E-state index is 12.3.